The van der Waals surface area contributed by atoms with E-state index in [1.165, 1.54) is 6.07 Å². The topological polar surface area (TPSA) is 35.8 Å². The monoisotopic (exact) mass is 206 g/mol. The number of nitrogens with zero attached hydrogens (tertiary/aromatic N) is 1. The number of hydrogen-bond donors (Lipinski definition) is 1. The smallest absolute Gasteiger partial charge is 0.126 e. The van der Waals surface area contributed by atoms with Crippen molar-refractivity contribution >= 4 is 0 Å². The zero-order valence-electron chi connectivity index (χ0n) is 8.89. The Morgan fingerprint density at radius 1 is 1.40 bits per heavy atom. The fourth-order valence-electron chi connectivity index (χ4n) is 1.36. The molecule has 0 aliphatic heterocycles. The van der Waals surface area contributed by atoms with E-state index < -0.39 is 0 Å². The van der Waals surface area contributed by atoms with Crippen LogP contribution >= 0.6 is 0 Å². The molecule has 0 atom stereocenters. The molecule has 80 valence electrons. The van der Waals surface area contributed by atoms with Crippen molar-refractivity contribution in [3.05, 3.63) is 35.1 Å². The molecule has 0 bridgehead atoms. The van der Waals surface area contributed by atoms with E-state index in [4.69, 9.17) is 5.26 Å². The third kappa shape index (κ3) is 4.09. The first-order chi connectivity index (χ1) is 7.24. The van der Waals surface area contributed by atoms with E-state index in [1.54, 1.807) is 13.0 Å². The Morgan fingerprint density at radius 2 is 2.20 bits per heavy atom. The third-order valence-electron chi connectivity index (χ3n) is 2.23. The maximum Gasteiger partial charge on any atom is 0.126 e. The Morgan fingerprint density at radius 3 is 2.87 bits per heavy atom. The highest BCUT2D eigenvalue weighted by atomic mass is 19.1. The summed E-state index contributed by atoms with van der Waals surface area (Å²) in [6.45, 7) is 3.31. The van der Waals surface area contributed by atoms with Crippen LogP contribution in [0.4, 0.5) is 4.39 Å². The highest BCUT2D eigenvalue weighted by molar-refractivity contribution is 5.24. The van der Waals surface area contributed by atoms with Crippen LogP contribution in [0.25, 0.3) is 0 Å². The lowest BCUT2D eigenvalue weighted by Crippen LogP contribution is -2.18. The Labute approximate surface area is 89.7 Å². The minimum Gasteiger partial charge on any atom is -0.315 e. The predicted octanol–water partition coefficient (Wildman–Crippen LogP) is 2.18. The standard InChI is InChI=1S/C12H15FN2/c1-10-9-11(3-4-12(10)13)5-8-15-7-2-6-14/h3-4,9,15H,2,5,7-8H2,1H3. The van der Waals surface area contributed by atoms with Crippen molar-refractivity contribution in [2.24, 2.45) is 0 Å². The van der Waals surface area contributed by atoms with Gasteiger partial charge >= 0.3 is 0 Å². The Kier molecular flexibility index (Phi) is 4.79. The highest BCUT2D eigenvalue weighted by Gasteiger charge is 1.98. The summed E-state index contributed by atoms with van der Waals surface area (Å²) in [5.74, 6) is -0.156. The van der Waals surface area contributed by atoms with Gasteiger partial charge in [0.25, 0.3) is 0 Å². The van der Waals surface area contributed by atoms with Gasteiger partial charge in [-0.3, -0.25) is 0 Å². The lowest BCUT2D eigenvalue weighted by molar-refractivity contribution is 0.616. The van der Waals surface area contributed by atoms with E-state index in [1.807, 2.05) is 6.07 Å². The number of rotatable bonds is 5. The van der Waals surface area contributed by atoms with Crippen molar-refractivity contribution in [1.29, 1.82) is 5.26 Å². The van der Waals surface area contributed by atoms with Crippen LogP contribution in [0.5, 0.6) is 0 Å². The van der Waals surface area contributed by atoms with Crippen molar-refractivity contribution in [3.63, 3.8) is 0 Å². The summed E-state index contributed by atoms with van der Waals surface area (Å²) in [6, 6.07) is 7.23. The fourth-order valence-corrected chi connectivity index (χ4v) is 1.36. The van der Waals surface area contributed by atoms with E-state index in [0.717, 1.165) is 25.1 Å². The zero-order chi connectivity index (χ0) is 11.1. The predicted molar refractivity (Wildman–Crippen MR) is 57.9 cm³/mol. The number of aryl methyl sites for hydroxylation is 1. The molecule has 3 heteroatoms. The highest BCUT2D eigenvalue weighted by Crippen LogP contribution is 2.09. The van der Waals surface area contributed by atoms with E-state index in [9.17, 15) is 4.39 Å². The molecule has 0 saturated heterocycles. The molecule has 0 amide bonds. The lowest BCUT2D eigenvalue weighted by Gasteiger charge is -2.04. The molecule has 1 rings (SSSR count). The molecular weight excluding hydrogens is 191 g/mol. The quantitative estimate of drug-likeness (QED) is 0.749. The molecule has 0 spiro atoms. The summed E-state index contributed by atoms with van der Waals surface area (Å²) in [7, 11) is 0. The number of benzene rings is 1. The van der Waals surface area contributed by atoms with E-state index in [-0.39, 0.29) is 5.82 Å². The molecule has 0 heterocycles. The lowest BCUT2D eigenvalue weighted by atomic mass is 10.1. The van der Waals surface area contributed by atoms with Gasteiger partial charge in [0, 0.05) is 13.0 Å². The summed E-state index contributed by atoms with van der Waals surface area (Å²) >= 11 is 0. The van der Waals surface area contributed by atoms with Crippen LogP contribution in [0.15, 0.2) is 18.2 Å². The Balaban J connectivity index is 2.32. The third-order valence-corrected chi connectivity index (χ3v) is 2.23. The van der Waals surface area contributed by atoms with Gasteiger partial charge < -0.3 is 5.32 Å². The first-order valence-electron chi connectivity index (χ1n) is 5.06. The second kappa shape index (κ2) is 6.15. The van der Waals surface area contributed by atoms with Crippen molar-refractivity contribution in [2.75, 3.05) is 13.1 Å². The minimum absolute atomic E-state index is 0.156. The molecule has 0 aliphatic carbocycles. The van der Waals surface area contributed by atoms with Gasteiger partial charge in [0.2, 0.25) is 0 Å². The van der Waals surface area contributed by atoms with Gasteiger partial charge in [-0.05, 0) is 37.1 Å². The molecule has 0 aliphatic rings. The summed E-state index contributed by atoms with van der Waals surface area (Å²) in [6.07, 6.45) is 1.40. The number of nitrogens with one attached hydrogen (secondary N) is 1. The molecule has 1 aromatic rings. The molecule has 2 nitrogen and oxygen atoms in total. The first kappa shape index (κ1) is 11.7. The zero-order valence-corrected chi connectivity index (χ0v) is 8.89. The normalized spacial score (nSPS) is 9.93. The van der Waals surface area contributed by atoms with E-state index in [0.29, 0.717) is 12.0 Å². The molecular formula is C12H15FN2. The van der Waals surface area contributed by atoms with Crippen LogP contribution in [-0.2, 0) is 6.42 Å². The Bertz CT molecular complexity index is 355. The van der Waals surface area contributed by atoms with Crippen LogP contribution < -0.4 is 5.32 Å². The van der Waals surface area contributed by atoms with Crippen molar-refractivity contribution < 1.29 is 4.39 Å². The summed E-state index contributed by atoms with van der Waals surface area (Å²) in [5.41, 5.74) is 1.81. The van der Waals surface area contributed by atoms with Crippen LogP contribution in [0.3, 0.4) is 0 Å². The van der Waals surface area contributed by atoms with Gasteiger partial charge in [-0.1, -0.05) is 12.1 Å². The van der Waals surface area contributed by atoms with E-state index in [2.05, 4.69) is 11.4 Å². The van der Waals surface area contributed by atoms with Crippen LogP contribution in [0.2, 0.25) is 0 Å². The van der Waals surface area contributed by atoms with Gasteiger partial charge in [0.1, 0.15) is 5.82 Å². The number of halogens is 1. The molecule has 0 aromatic heterocycles. The largest absolute Gasteiger partial charge is 0.315 e. The fraction of sp³-hybridized carbons (Fsp3) is 0.417. The molecule has 1 aromatic carbocycles. The van der Waals surface area contributed by atoms with Crippen molar-refractivity contribution in [1.82, 2.24) is 5.32 Å². The average Bonchev–Trinajstić information content (AvgIpc) is 2.23. The minimum atomic E-state index is -0.156. The summed E-state index contributed by atoms with van der Waals surface area (Å²) < 4.78 is 12.9. The molecule has 1 N–H and O–H groups in total. The average molecular weight is 206 g/mol. The number of hydrogen-bond acceptors (Lipinski definition) is 2. The van der Waals surface area contributed by atoms with Gasteiger partial charge in [-0.25, -0.2) is 4.39 Å². The second-order valence-electron chi connectivity index (χ2n) is 3.49. The maximum absolute atomic E-state index is 12.9. The summed E-state index contributed by atoms with van der Waals surface area (Å²) in [5, 5.41) is 11.5. The van der Waals surface area contributed by atoms with Crippen molar-refractivity contribution in [2.45, 2.75) is 19.8 Å². The van der Waals surface area contributed by atoms with Gasteiger partial charge in [0.15, 0.2) is 0 Å². The van der Waals surface area contributed by atoms with Gasteiger partial charge in [-0.2, -0.15) is 5.26 Å². The molecule has 0 radical (unpaired) electrons. The van der Waals surface area contributed by atoms with E-state index >= 15 is 0 Å². The maximum atomic E-state index is 12.9. The molecule has 0 fully saturated rings. The van der Waals surface area contributed by atoms with Gasteiger partial charge in [0.05, 0.1) is 6.07 Å². The molecule has 0 unspecified atom stereocenters. The molecule has 0 saturated carbocycles. The first-order valence-corrected chi connectivity index (χ1v) is 5.06. The van der Waals surface area contributed by atoms with Crippen LogP contribution in [0, 0.1) is 24.1 Å². The molecule has 15 heavy (non-hydrogen) atoms. The van der Waals surface area contributed by atoms with Crippen LogP contribution in [0.1, 0.15) is 17.5 Å². The SMILES string of the molecule is Cc1cc(CCNCCC#N)ccc1F. The second-order valence-corrected chi connectivity index (χ2v) is 3.49. The van der Waals surface area contributed by atoms with Gasteiger partial charge in [-0.15, -0.1) is 0 Å². The summed E-state index contributed by atoms with van der Waals surface area (Å²) in [4.78, 5) is 0. The Hall–Kier alpha value is -1.40. The number of nitriles is 1. The van der Waals surface area contributed by atoms with Crippen molar-refractivity contribution in [3.8, 4) is 6.07 Å². The van der Waals surface area contributed by atoms with Crippen LogP contribution in [-0.4, -0.2) is 13.1 Å².